The molecule has 0 aromatic rings. The van der Waals surface area contributed by atoms with Crippen molar-refractivity contribution in [1.29, 1.82) is 0 Å². The van der Waals surface area contributed by atoms with E-state index in [0.29, 0.717) is 17.7 Å². The van der Waals surface area contributed by atoms with Crippen LogP contribution in [-0.4, -0.2) is 38.1 Å². The zero-order chi connectivity index (χ0) is 12.3. The molecule has 1 aliphatic heterocycles. The first-order valence-electron chi connectivity index (χ1n) is 5.27. The van der Waals surface area contributed by atoms with Gasteiger partial charge < -0.3 is 10.2 Å². The number of carboxylic acids is 1. The monoisotopic (exact) mass is 271 g/mol. The molecule has 1 heterocycles. The van der Waals surface area contributed by atoms with Crippen LogP contribution >= 0.6 is 23.5 Å². The van der Waals surface area contributed by atoms with Crippen molar-refractivity contribution in [1.82, 2.24) is 0 Å². The summed E-state index contributed by atoms with van der Waals surface area (Å²) < 4.78 is 0.176. The molecule has 6 heteroatoms. The Hall–Kier alpha value is -0.880. The highest BCUT2D eigenvalue weighted by Gasteiger charge is 2.19. The lowest BCUT2D eigenvalue weighted by molar-refractivity contribution is -0.136. The van der Waals surface area contributed by atoms with E-state index in [2.05, 4.69) is 4.99 Å². The highest BCUT2D eigenvalue weighted by atomic mass is 32.2. The standard InChI is InChI=1S/C11H13NO3S2/c13-9-5-7(6-10(14)15)1-2-8(9)12-11-16-3-4-17-11/h1,5,11,13H,2-4,6H2,(H,14,15). The molecule has 0 bridgehead atoms. The van der Waals surface area contributed by atoms with Gasteiger partial charge in [0.15, 0.2) is 0 Å². The van der Waals surface area contributed by atoms with Crippen molar-refractivity contribution in [3.8, 4) is 0 Å². The van der Waals surface area contributed by atoms with Gasteiger partial charge in [0.25, 0.3) is 0 Å². The lowest BCUT2D eigenvalue weighted by Crippen LogP contribution is -2.10. The number of carboxylic acid groups (broad SMARTS) is 1. The van der Waals surface area contributed by atoms with E-state index in [1.54, 1.807) is 23.5 Å². The average molecular weight is 271 g/mol. The molecule has 0 aromatic heterocycles. The minimum Gasteiger partial charge on any atom is -0.506 e. The van der Waals surface area contributed by atoms with Crippen LogP contribution in [0.3, 0.4) is 0 Å². The molecule has 1 saturated heterocycles. The zero-order valence-corrected chi connectivity index (χ0v) is 10.8. The molecule has 0 atom stereocenters. The van der Waals surface area contributed by atoms with Crippen LogP contribution in [0, 0.1) is 0 Å². The van der Waals surface area contributed by atoms with E-state index in [0.717, 1.165) is 11.5 Å². The Morgan fingerprint density at radius 1 is 1.47 bits per heavy atom. The van der Waals surface area contributed by atoms with Gasteiger partial charge in [0, 0.05) is 17.9 Å². The normalized spacial score (nSPS) is 23.6. The molecule has 0 saturated carbocycles. The molecule has 4 nitrogen and oxygen atoms in total. The number of allylic oxidation sites excluding steroid dienone is 3. The van der Waals surface area contributed by atoms with Crippen LogP contribution < -0.4 is 0 Å². The van der Waals surface area contributed by atoms with Gasteiger partial charge in [-0.2, -0.15) is 0 Å². The number of aliphatic carboxylic acids is 1. The summed E-state index contributed by atoms with van der Waals surface area (Å²) in [5.74, 6) is 1.41. The van der Waals surface area contributed by atoms with Gasteiger partial charge in [-0.15, -0.1) is 23.5 Å². The van der Waals surface area contributed by atoms with Crippen molar-refractivity contribution in [3.63, 3.8) is 0 Å². The number of thioether (sulfide) groups is 2. The van der Waals surface area contributed by atoms with Crippen molar-refractivity contribution < 1.29 is 15.0 Å². The Kier molecular flexibility index (Phi) is 4.17. The molecular formula is C11H13NO3S2. The third-order valence-electron chi connectivity index (χ3n) is 2.40. The Bertz CT molecular complexity index is 409. The topological polar surface area (TPSA) is 69.9 Å². The summed E-state index contributed by atoms with van der Waals surface area (Å²) in [6, 6.07) is 0. The van der Waals surface area contributed by atoms with Gasteiger partial charge in [-0.3, -0.25) is 9.79 Å². The summed E-state index contributed by atoms with van der Waals surface area (Å²) in [6.45, 7) is 0. The lowest BCUT2D eigenvalue weighted by atomic mass is 10.0. The van der Waals surface area contributed by atoms with E-state index < -0.39 is 5.97 Å². The number of aliphatic hydroxyl groups is 1. The van der Waals surface area contributed by atoms with Gasteiger partial charge in [-0.1, -0.05) is 6.08 Å². The molecule has 0 unspecified atom stereocenters. The highest BCUT2D eigenvalue weighted by molar-refractivity contribution is 8.20. The van der Waals surface area contributed by atoms with Gasteiger partial charge in [0.05, 0.1) is 12.1 Å². The van der Waals surface area contributed by atoms with E-state index in [1.165, 1.54) is 6.08 Å². The maximum absolute atomic E-state index is 10.5. The average Bonchev–Trinajstić information content (AvgIpc) is 2.74. The number of nitrogens with zero attached hydrogens (tertiary/aromatic N) is 1. The number of aliphatic imine (C=N–C) groups is 1. The van der Waals surface area contributed by atoms with Crippen LogP contribution in [0.5, 0.6) is 0 Å². The van der Waals surface area contributed by atoms with E-state index in [4.69, 9.17) is 5.11 Å². The molecule has 2 rings (SSSR count). The molecule has 2 aliphatic rings. The Morgan fingerprint density at radius 2 is 2.18 bits per heavy atom. The van der Waals surface area contributed by atoms with Crippen LogP contribution in [0.2, 0.25) is 0 Å². The smallest absolute Gasteiger partial charge is 0.307 e. The Morgan fingerprint density at radius 3 is 2.76 bits per heavy atom. The zero-order valence-electron chi connectivity index (χ0n) is 9.13. The molecule has 92 valence electrons. The summed E-state index contributed by atoms with van der Waals surface area (Å²) in [7, 11) is 0. The maximum atomic E-state index is 10.5. The lowest BCUT2D eigenvalue weighted by Gasteiger charge is -2.12. The maximum Gasteiger partial charge on any atom is 0.307 e. The third-order valence-corrected chi connectivity index (χ3v) is 5.13. The molecule has 0 amide bonds. The highest BCUT2D eigenvalue weighted by Crippen LogP contribution is 2.33. The van der Waals surface area contributed by atoms with E-state index in [9.17, 15) is 9.90 Å². The second-order valence-corrected chi connectivity index (χ2v) is 6.38. The van der Waals surface area contributed by atoms with Gasteiger partial charge in [-0.25, -0.2) is 0 Å². The van der Waals surface area contributed by atoms with Crippen LogP contribution in [0.15, 0.2) is 28.5 Å². The predicted molar refractivity (Wildman–Crippen MR) is 71.8 cm³/mol. The second-order valence-electron chi connectivity index (χ2n) is 3.71. The molecule has 1 aliphatic carbocycles. The van der Waals surface area contributed by atoms with Gasteiger partial charge >= 0.3 is 5.97 Å². The predicted octanol–water partition coefficient (Wildman–Crippen LogP) is 2.44. The summed E-state index contributed by atoms with van der Waals surface area (Å²) in [6.07, 6.45) is 3.78. The third kappa shape index (κ3) is 3.54. The van der Waals surface area contributed by atoms with Crippen LogP contribution in [0.4, 0.5) is 0 Å². The molecular weight excluding hydrogens is 258 g/mol. The number of hydrogen-bond donors (Lipinski definition) is 2. The molecule has 0 aromatic carbocycles. The number of rotatable bonds is 3. The fraction of sp³-hybridized carbons (Fsp3) is 0.455. The van der Waals surface area contributed by atoms with E-state index in [1.807, 2.05) is 6.08 Å². The summed E-state index contributed by atoms with van der Waals surface area (Å²) in [5, 5.41) is 18.4. The summed E-state index contributed by atoms with van der Waals surface area (Å²) in [4.78, 5) is 15.0. The van der Waals surface area contributed by atoms with Crippen molar-refractivity contribution in [3.05, 3.63) is 23.5 Å². The minimum absolute atomic E-state index is 0.0513. The SMILES string of the molecule is O=C(O)CC1=CCC(=NC2SCCS2)C(O)=C1. The molecule has 2 N–H and O–H groups in total. The van der Waals surface area contributed by atoms with Crippen molar-refractivity contribution in [2.24, 2.45) is 4.99 Å². The molecule has 17 heavy (non-hydrogen) atoms. The first kappa shape index (κ1) is 12.6. The first-order valence-corrected chi connectivity index (χ1v) is 7.36. The van der Waals surface area contributed by atoms with Crippen molar-refractivity contribution >= 4 is 35.2 Å². The summed E-state index contributed by atoms with van der Waals surface area (Å²) in [5.41, 5.74) is 1.30. The van der Waals surface area contributed by atoms with Gasteiger partial charge in [0.2, 0.25) is 0 Å². The van der Waals surface area contributed by atoms with E-state index in [-0.39, 0.29) is 16.9 Å². The Labute approximate surface area is 108 Å². The molecule has 0 spiro atoms. The minimum atomic E-state index is -0.886. The van der Waals surface area contributed by atoms with E-state index >= 15 is 0 Å². The fourth-order valence-electron chi connectivity index (χ4n) is 1.61. The molecule has 1 fully saturated rings. The number of hydrogen-bond acceptors (Lipinski definition) is 5. The number of carbonyl (C=O) groups is 1. The van der Waals surface area contributed by atoms with Crippen LogP contribution in [-0.2, 0) is 4.79 Å². The van der Waals surface area contributed by atoms with Crippen LogP contribution in [0.25, 0.3) is 0 Å². The van der Waals surface area contributed by atoms with Gasteiger partial charge in [-0.05, 0) is 11.6 Å². The van der Waals surface area contributed by atoms with Gasteiger partial charge in [0.1, 0.15) is 10.5 Å². The van der Waals surface area contributed by atoms with Crippen LogP contribution in [0.1, 0.15) is 12.8 Å². The first-order chi connectivity index (χ1) is 8.15. The summed E-state index contributed by atoms with van der Waals surface area (Å²) >= 11 is 3.54. The Balaban J connectivity index is 2.03. The second kappa shape index (κ2) is 5.64. The van der Waals surface area contributed by atoms with Crippen molar-refractivity contribution in [2.75, 3.05) is 11.5 Å². The molecule has 0 radical (unpaired) electrons. The fourth-order valence-corrected chi connectivity index (χ4v) is 4.15. The largest absolute Gasteiger partial charge is 0.506 e. The van der Waals surface area contributed by atoms with Crippen molar-refractivity contribution in [2.45, 2.75) is 17.5 Å². The number of aliphatic hydroxyl groups excluding tert-OH is 1. The quantitative estimate of drug-likeness (QED) is 0.825.